The van der Waals surface area contributed by atoms with Crippen molar-refractivity contribution in [3.63, 3.8) is 0 Å². The molecule has 0 radical (unpaired) electrons. The maximum Gasteiger partial charge on any atom is 0.177 e. The zero-order valence-electron chi connectivity index (χ0n) is 10.7. The number of alkyl halides is 1. The summed E-state index contributed by atoms with van der Waals surface area (Å²) in [6.45, 7) is 13.3. The van der Waals surface area contributed by atoms with Gasteiger partial charge in [-0.05, 0) is 23.6 Å². The van der Waals surface area contributed by atoms with Crippen LogP contribution in [-0.2, 0) is 0 Å². The summed E-state index contributed by atoms with van der Waals surface area (Å²) in [5, 5.41) is 0. The number of carbonyl (C=O) groups is 1. The fraction of sp³-hybridized carbons (Fsp3) is 0.267. The summed E-state index contributed by atoms with van der Waals surface area (Å²) in [4.78, 5) is 11.5. The lowest BCUT2D eigenvalue weighted by Crippen LogP contribution is -2.05. The largest absolute Gasteiger partial charge is 0.293 e. The normalized spacial score (nSPS) is 8.94. The van der Waals surface area contributed by atoms with Crippen molar-refractivity contribution in [2.75, 3.05) is 5.88 Å². The summed E-state index contributed by atoms with van der Waals surface area (Å²) in [5.41, 5.74) is 3.49. The van der Waals surface area contributed by atoms with E-state index in [-0.39, 0.29) is 11.7 Å². The van der Waals surface area contributed by atoms with E-state index in [1.807, 2.05) is 26.8 Å². The maximum absolute atomic E-state index is 11.5. The summed E-state index contributed by atoms with van der Waals surface area (Å²) in [5.74, 6) is -0.0573. The van der Waals surface area contributed by atoms with Gasteiger partial charge in [0.05, 0.1) is 5.88 Å². The standard InChI is InChI=1S/C13H13ClO.C2H6/c1-4-10-6-7-12(13(15)8-14)9(3)11(10)5-2;1-2/h4-7H,1-2,8H2,3H3;1-2H3. The lowest BCUT2D eigenvalue weighted by molar-refractivity contribution is 0.102. The molecule has 0 atom stereocenters. The summed E-state index contributed by atoms with van der Waals surface area (Å²) in [6.07, 6.45) is 3.48. The second-order valence-corrected chi connectivity index (χ2v) is 3.47. The highest BCUT2D eigenvalue weighted by molar-refractivity contribution is 6.30. The van der Waals surface area contributed by atoms with E-state index in [1.54, 1.807) is 18.2 Å². The van der Waals surface area contributed by atoms with Crippen molar-refractivity contribution in [3.05, 3.63) is 47.5 Å². The Morgan fingerprint density at radius 2 is 1.88 bits per heavy atom. The Morgan fingerprint density at radius 1 is 1.29 bits per heavy atom. The van der Waals surface area contributed by atoms with Gasteiger partial charge in [0.25, 0.3) is 0 Å². The van der Waals surface area contributed by atoms with Crippen molar-refractivity contribution in [2.45, 2.75) is 20.8 Å². The van der Waals surface area contributed by atoms with Gasteiger partial charge in [-0.15, -0.1) is 11.6 Å². The number of rotatable bonds is 4. The third-order valence-corrected chi connectivity index (χ3v) is 2.64. The van der Waals surface area contributed by atoms with Gasteiger partial charge in [-0.1, -0.05) is 51.3 Å². The van der Waals surface area contributed by atoms with E-state index < -0.39 is 0 Å². The molecule has 0 fully saturated rings. The molecule has 0 saturated carbocycles. The van der Waals surface area contributed by atoms with E-state index in [0.717, 1.165) is 16.7 Å². The van der Waals surface area contributed by atoms with Crippen LogP contribution in [0.1, 0.15) is 40.9 Å². The molecule has 1 rings (SSSR count). The van der Waals surface area contributed by atoms with Gasteiger partial charge in [-0.2, -0.15) is 0 Å². The second kappa shape index (κ2) is 7.86. The van der Waals surface area contributed by atoms with Crippen LogP contribution in [0, 0.1) is 6.92 Å². The summed E-state index contributed by atoms with van der Waals surface area (Å²) in [6, 6.07) is 3.64. The topological polar surface area (TPSA) is 17.1 Å². The number of hydrogen-bond donors (Lipinski definition) is 0. The highest BCUT2D eigenvalue weighted by Crippen LogP contribution is 2.21. The molecule has 0 aliphatic heterocycles. The minimum absolute atomic E-state index is 0.00482. The molecular formula is C15H19ClO. The molecule has 0 bridgehead atoms. The average molecular weight is 251 g/mol. The van der Waals surface area contributed by atoms with Gasteiger partial charge in [-0.3, -0.25) is 4.79 Å². The summed E-state index contributed by atoms with van der Waals surface area (Å²) in [7, 11) is 0. The van der Waals surface area contributed by atoms with Crippen molar-refractivity contribution in [1.82, 2.24) is 0 Å². The third kappa shape index (κ3) is 3.57. The molecule has 1 nitrogen and oxygen atoms in total. The van der Waals surface area contributed by atoms with Crippen LogP contribution in [-0.4, -0.2) is 11.7 Å². The van der Waals surface area contributed by atoms with Crippen molar-refractivity contribution in [2.24, 2.45) is 0 Å². The number of Topliss-reactive ketones (excluding diaryl/α,β-unsaturated/α-hetero) is 1. The Bertz CT molecular complexity index is 419. The van der Waals surface area contributed by atoms with Gasteiger partial charge < -0.3 is 0 Å². The van der Waals surface area contributed by atoms with E-state index in [9.17, 15) is 4.79 Å². The Morgan fingerprint density at radius 3 is 2.29 bits per heavy atom. The van der Waals surface area contributed by atoms with Crippen LogP contribution in [0.3, 0.4) is 0 Å². The highest BCUT2D eigenvalue weighted by atomic mass is 35.5. The molecule has 0 heterocycles. The molecule has 92 valence electrons. The van der Waals surface area contributed by atoms with Crippen molar-refractivity contribution >= 4 is 29.5 Å². The summed E-state index contributed by atoms with van der Waals surface area (Å²) < 4.78 is 0. The van der Waals surface area contributed by atoms with Crippen molar-refractivity contribution in [3.8, 4) is 0 Å². The van der Waals surface area contributed by atoms with E-state index in [2.05, 4.69) is 13.2 Å². The lowest BCUT2D eigenvalue weighted by Gasteiger charge is -2.09. The predicted molar refractivity (Wildman–Crippen MR) is 77.8 cm³/mol. The number of carbonyl (C=O) groups excluding carboxylic acids is 1. The first-order valence-electron chi connectivity index (χ1n) is 5.63. The first-order chi connectivity index (χ1) is 8.15. The van der Waals surface area contributed by atoms with Gasteiger partial charge >= 0.3 is 0 Å². The van der Waals surface area contributed by atoms with E-state index in [1.165, 1.54) is 0 Å². The first-order valence-corrected chi connectivity index (χ1v) is 6.16. The minimum Gasteiger partial charge on any atom is -0.293 e. The molecule has 0 saturated heterocycles. The van der Waals surface area contributed by atoms with Crippen molar-refractivity contribution in [1.29, 1.82) is 0 Å². The Labute approximate surface area is 109 Å². The van der Waals surface area contributed by atoms with Crippen LogP contribution in [0.25, 0.3) is 12.2 Å². The molecule has 0 unspecified atom stereocenters. The predicted octanol–water partition coefficient (Wildman–Crippen LogP) is 4.73. The molecule has 17 heavy (non-hydrogen) atoms. The SMILES string of the molecule is C=Cc1ccc(C(=O)CCl)c(C)c1C=C.CC. The third-order valence-electron chi connectivity index (χ3n) is 2.39. The zero-order valence-corrected chi connectivity index (χ0v) is 11.5. The molecule has 1 aromatic rings. The molecule has 0 aliphatic carbocycles. The Hall–Kier alpha value is -1.34. The highest BCUT2D eigenvalue weighted by Gasteiger charge is 2.11. The fourth-order valence-corrected chi connectivity index (χ4v) is 1.72. The van der Waals surface area contributed by atoms with Gasteiger partial charge in [0.1, 0.15) is 0 Å². The summed E-state index contributed by atoms with van der Waals surface area (Å²) >= 11 is 5.53. The molecule has 0 spiro atoms. The average Bonchev–Trinajstić information content (AvgIpc) is 2.39. The van der Waals surface area contributed by atoms with Crippen LogP contribution in [0.5, 0.6) is 0 Å². The van der Waals surface area contributed by atoms with Gasteiger partial charge in [-0.25, -0.2) is 0 Å². The smallest absolute Gasteiger partial charge is 0.177 e. The van der Waals surface area contributed by atoms with Crippen LogP contribution < -0.4 is 0 Å². The lowest BCUT2D eigenvalue weighted by atomic mass is 9.95. The van der Waals surface area contributed by atoms with Gasteiger partial charge in [0.15, 0.2) is 5.78 Å². The number of halogens is 1. The molecule has 0 N–H and O–H groups in total. The number of ketones is 1. The minimum atomic E-state index is -0.0621. The first kappa shape index (κ1) is 15.7. The molecule has 0 amide bonds. The van der Waals surface area contributed by atoms with E-state index >= 15 is 0 Å². The van der Waals surface area contributed by atoms with E-state index in [0.29, 0.717) is 5.56 Å². The second-order valence-electron chi connectivity index (χ2n) is 3.21. The van der Waals surface area contributed by atoms with E-state index in [4.69, 9.17) is 11.6 Å². The fourth-order valence-electron chi connectivity index (χ4n) is 1.57. The molecule has 1 aromatic carbocycles. The molecule has 2 heteroatoms. The van der Waals surface area contributed by atoms with Gasteiger partial charge in [0, 0.05) is 5.56 Å². The number of benzene rings is 1. The quantitative estimate of drug-likeness (QED) is 0.558. The van der Waals surface area contributed by atoms with Crippen molar-refractivity contribution < 1.29 is 4.79 Å². The maximum atomic E-state index is 11.5. The Balaban J connectivity index is 0.00000121. The van der Waals surface area contributed by atoms with Gasteiger partial charge in [0.2, 0.25) is 0 Å². The monoisotopic (exact) mass is 250 g/mol. The van der Waals surface area contributed by atoms with Crippen LogP contribution >= 0.6 is 11.6 Å². The van der Waals surface area contributed by atoms with Crippen LogP contribution in [0.15, 0.2) is 25.3 Å². The molecule has 0 aromatic heterocycles. The molecule has 0 aliphatic rings. The van der Waals surface area contributed by atoms with Crippen LogP contribution in [0.4, 0.5) is 0 Å². The Kier molecular flexibility index (Phi) is 7.24. The van der Waals surface area contributed by atoms with Crippen LogP contribution in [0.2, 0.25) is 0 Å². The molecular weight excluding hydrogens is 232 g/mol. The zero-order chi connectivity index (χ0) is 13.4. The number of hydrogen-bond acceptors (Lipinski definition) is 1.